The molecule has 3 rings (SSSR count). The number of rotatable bonds is 2. The van der Waals surface area contributed by atoms with Crippen LogP contribution in [0, 0.1) is 0 Å². The number of anilines is 1. The predicted octanol–water partition coefficient (Wildman–Crippen LogP) is 3.81. The normalized spacial score (nSPS) is 22.0. The van der Waals surface area contributed by atoms with Crippen LogP contribution in [0.5, 0.6) is 0 Å². The fourth-order valence-electron chi connectivity index (χ4n) is 2.48. The Morgan fingerprint density at radius 2 is 1.91 bits per heavy atom. The third kappa shape index (κ3) is 2.37. The number of alkyl halides is 2. The number of aliphatic hydroxyl groups is 1. The van der Waals surface area contributed by atoms with Crippen molar-refractivity contribution in [2.24, 2.45) is 4.99 Å². The first-order chi connectivity index (χ1) is 10.4. The molecular weight excluding hydrogens is 326 g/mol. The molecule has 2 unspecified atom stereocenters. The second kappa shape index (κ2) is 5.54. The van der Waals surface area contributed by atoms with E-state index in [1.165, 1.54) is 11.9 Å². The number of aliphatic imine (C=N–C) groups is 1. The Balaban J connectivity index is 2.27. The highest BCUT2D eigenvalue weighted by atomic mass is 35.5. The van der Waals surface area contributed by atoms with E-state index in [9.17, 15) is 9.50 Å². The van der Waals surface area contributed by atoms with Gasteiger partial charge in [0.15, 0.2) is 0 Å². The molecule has 0 aliphatic carbocycles. The van der Waals surface area contributed by atoms with Gasteiger partial charge in [-0.05, 0) is 18.2 Å². The van der Waals surface area contributed by atoms with E-state index in [4.69, 9.17) is 23.2 Å². The van der Waals surface area contributed by atoms with Gasteiger partial charge in [0.2, 0.25) is 5.63 Å². The molecule has 1 N–H and O–H groups in total. The minimum absolute atomic E-state index is 0.446. The smallest absolute Gasteiger partial charge is 0.284 e. The van der Waals surface area contributed by atoms with Gasteiger partial charge in [0, 0.05) is 28.9 Å². The minimum Gasteiger partial charge on any atom is -0.349 e. The number of hydrogen-bond acceptors (Lipinski definition) is 3. The maximum atomic E-state index is 13.8. The molecule has 0 aromatic heterocycles. The van der Waals surface area contributed by atoms with E-state index in [0.717, 1.165) is 5.56 Å². The lowest BCUT2D eigenvalue weighted by Crippen LogP contribution is -2.53. The molecule has 2 atom stereocenters. The number of hydrogen-bond donors (Lipinski definition) is 1. The van der Waals surface area contributed by atoms with Crippen LogP contribution < -0.4 is 4.90 Å². The standard InChI is InChI=1S/C16H13Cl2FN2O/c1-21-13-8-7-11(17)9-12(13)14(10-5-3-2-4-6-10)20-16(21,22)15(18)19/h2-9,15,22H,1H3. The van der Waals surface area contributed by atoms with Crippen LogP contribution in [0.1, 0.15) is 11.1 Å². The molecule has 0 bridgehead atoms. The van der Waals surface area contributed by atoms with Gasteiger partial charge >= 0.3 is 0 Å². The zero-order chi connectivity index (χ0) is 15.9. The van der Waals surface area contributed by atoms with Crippen molar-refractivity contribution in [2.75, 3.05) is 11.9 Å². The number of benzene rings is 2. The number of fused-ring (bicyclic) bond motifs is 1. The van der Waals surface area contributed by atoms with E-state index < -0.39 is 11.5 Å². The highest BCUT2D eigenvalue weighted by molar-refractivity contribution is 6.31. The molecule has 0 amide bonds. The van der Waals surface area contributed by atoms with Crippen molar-refractivity contribution in [1.82, 2.24) is 0 Å². The van der Waals surface area contributed by atoms with Crippen molar-refractivity contribution in [3.05, 3.63) is 64.7 Å². The molecule has 0 radical (unpaired) electrons. The van der Waals surface area contributed by atoms with Crippen LogP contribution >= 0.6 is 23.2 Å². The summed E-state index contributed by atoms with van der Waals surface area (Å²) >= 11 is 11.6. The Kier molecular flexibility index (Phi) is 3.85. The third-order valence-electron chi connectivity index (χ3n) is 3.69. The summed E-state index contributed by atoms with van der Waals surface area (Å²) in [6.45, 7) is 0. The summed E-state index contributed by atoms with van der Waals surface area (Å²) in [7, 11) is 1.53. The lowest BCUT2D eigenvalue weighted by molar-refractivity contribution is 0.00614. The van der Waals surface area contributed by atoms with E-state index in [1.54, 1.807) is 18.2 Å². The van der Waals surface area contributed by atoms with E-state index in [2.05, 4.69) is 4.99 Å². The molecule has 6 heteroatoms. The van der Waals surface area contributed by atoms with Crippen LogP contribution in [0.4, 0.5) is 10.1 Å². The third-order valence-corrected chi connectivity index (χ3v) is 4.21. The molecular formula is C16H13Cl2FN2O. The van der Waals surface area contributed by atoms with Crippen LogP contribution in [0.15, 0.2) is 53.5 Å². The summed E-state index contributed by atoms with van der Waals surface area (Å²) in [5.41, 5.74) is 0.421. The summed E-state index contributed by atoms with van der Waals surface area (Å²) in [6, 6.07) is 14.3. The monoisotopic (exact) mass is 338 g/mol. The van der Waals surface area contributed by atoms with Gasteiger partial charge in [0.1, 0.15) is 0 Å². The Morgan fingerprint density at radius 3 is 2.55 bits per heavy atom. The second-order valence-electron chi connectivity index (χ2n) is 5.03. The van der Waals surface area contributed by atoms with E-state index in [1.807, 2.05) is 30.3 Å². The fraction of sp³-hybridized carbons (Fsp3) is 0.188. The number of nitrogens with zero attached hydrogens (tertiary/aromatic N) is 2. The van der Waals surface area contributed by atoms with Crippen LogP contribution in [-0.4, -0.2) is 29.3 Å². The first-order valence-electron chi connectivity index (χ1n) is 6.63. The lowest BCUT2D eigenvalue weighted by Gasteiger charge is -2.40. The SMILES string of the molecule is CN1c2ccc(Cl)cc2C(c2ccccc2)=NC1(O)C(F)Cl. The van der Waals surface area contributed by atoms with E-state index in [0.29, 0.717) is 22.0 Å². The quantitative estimate of drug-likeness (QED) is 0.845. The molecule has 114 valence electrons. The van der Waals surface area contributed by atoms with Crippen molar-refractivity contribution in [3.8, 4) is 0 Å². The Bertz CT molecular complexity index is 736. The van der Waals surface area contributed by atoms with Crippen molar-refractivity contribution in [1.29, 1.82) is 0 Å². The van der Waals surface area contributed by atoms with Crippen LogP contribution in [0.25, 0.3) is 0 Å². The van der Waals surface area contributed by atoms with E-state index in [-0.39, 0.29) is 0 Å². The van der Waals surface area contributed by atoms with Gasteiger partial charge in [0.25, 0.3) is 5.85 Å². The van der Waals surface area contributed by atoms with Gasteiger partial charge in [-0.15, -0.1) is 0 Å². The Labute approximate surface area is 137 Å². The van der Waals surface area contributed by atoms with Gasteiger partial charge in [-0.2, -0.15) is 0 Å². The Hall–Kier alpha value is -1.62. The summed E-state index contributed by atoms with van der Waals surface area (Å²) in [5.74, 6) is -2.17. The lowest BCUT2D eigenvalue weighted by atomic mass is 9.97. The van der Waals surface area contributed by atoms with Crippen molar-refractivity contribution in [2.45, 2.75) is 11.5 Å². The van der Waals surface area contributed by atoms with Gasteiger partial charge in [-0.1, -0.05) is 53.5 Å². The molecule has 0 fully saturated rings. The maximum absolute atomic E-state index is 13.8. The summed E-state index contributed by atoms with van der Waals surface area (Å²) in [4.78, 5) is 5.49. The first kappa shape index (κ1) is 15.3. The summed E-state index contributed by atoms with van der Waals surface area (Å²) in [6.07, 6.45) is 0. The highest BCUT2D eigenvalue weighted by Gasteiger charge is 2.45. The average Bonchev–Trinajstić information content (AvgIpc) is 2.51. The minimum atomic E-state index is -2.17. The number of halogens is 3. The molecule has 2 aromatic carbocycles. The molecule has 0 saturated carbocycles. The molecule has 1 aliphatic rings. The van der Waals surface area contributed by atoms with Crippen molar-refractivity contribution in [3.63, 3.8) is 0 Å². The van der Waals surface area contributed by atoms with Crippen molar-refractivity contribution >= 4 is 34.6 Å². The molecule has 3 nitrogen and oxygen atoms in total. The van der Waals surface area contributed by atoms with Crippen LogP contribution in [-0.2, 0) is 0 Å². The van der Waals surface area contributed by atoms with Crippen molar-refractivity contribution < 1.29 is 9.50 Å². The fourth-order valence-corrected chi connectivity index (χ4v) is 2.85. The van der Waals surface area contributed by atoms with Gasteiger partial charge in [0.05, 0.1) is 5.71 Å². The van der Waals surface area contributed by atoms with Crippen LogP contribution in [0.3, 0.4) is 0 Å². The average molecular weight is 339 g/mol. The van der Waals surface area contributed by atoms with Gasteiger partial charge in [-0.25, -0.2) is 9.38 Å². The molecule has 2 aromatic rings. The van der Waals surface area contributed by atoms with E-state index >= 15 is 0 Å². The summed E-state index contributed by atoms with van der Waals surface area (Å²) in [5, 5.41) is 11.1. The zero-order valence-electron chi connectivity index (χ0n) is 11.7. The predicted molar refractivity (Wildman–Crippen MR) is 87.6 cm³/mol. The highest BCUT2D eigenvalue weighted by Crippen LogP contribution is 2.38. The first-order valence-corrected chi connectivity index (χ1v) is 7.44. The molecule has 0 saturated heterocycles. The molecule has 22 heavy (non-hydrogen) atoms. The Morgan fingerprint density at radius 1 is 1.23 bits per heavy atom. The van der Waals surface area contributed by atoms with Gasteiger partial charge < -0.3 is 10.0 Å². The maximum Gasteiger partial charge on any atom is 0.284 e. The molecule has 1 heterocycles. The molecule has 0 spiro atoms. The topological polar surface area (TPSA) is 35.8 Å². The van der Waals surface area contributed by atoms with Gasteiger partial charge in [-0.3, -0.25) is 0 Å². The zero-order valence-corrected chi connectivity index (χ0v) is 13.2. The largest absolute Gasteiger partial charge is 0.349 e. The van der Waals surface area contributed by atoms with Crippen LogP contribution in [0.2, 0.25) is 5.02 Å². The summed E-state index contributed by atoms with van der Waals surface area (Å²) < 4.78 is 13.8. The molecule has 1 aliphatic heterocycles. The second-order valence-corrected chi connectivity index (χ2v) is 5.85.